The Balaban J connectivity index is 0.000000137. The van der Waals surface area contributed by atoms with Crippen LogP contribution in [0, 0.1) is 35.5 Å². The number of fused-ring (bicyclic) bond motifs is 15. The van der Waals surface area contributed by atoms with E-state index in [9.17, 15) is 43.2 Å². The van der Waals surface area contributed by atoms with E-state index < -0.39 is 55.1 Å². The number of benzene rings is 3. The summed E-state index contributed by atoms with van der Waals surface area (Å²) in [6.45, 7) is -2.03. The van der Waals surface area contributed by atoms with E-state index in [1.165, 1.54) is 155 Å². The Labute approximate surface area is 716 Å². The molecule has 660 valence electrons. The average molecular weight is 1690 g/mol. The zero-order valence-corrected chi connectivity index (χ0v) is 71.3. The number of nitrogens with zero attached hydrogens (tertiary/aromatic N) is 12. The van der Waals surface area contributed by atoms with Crippen molar-refractivity contribution < 1.29 is 58.6 Å². The summed E-state index contributed by atoms with van der Waals surface area (Å²) >= 11 is 0. The van der Waals surface area contributed by atoms with Crippen LogP contribution >= 0.6 is 0 Å². The van der Waals surface area contributed by atoms with Crippen LogP contribution in [0.5, 0.6) is 0 Å². The zero-order valence-electron chi connectivity index (χ0n) is 71.3. The third-order valence-corrected chi connectivity index (χ3v) is 29.8. The summed E-state index contributed by atoms with van der Waals surface area (Å²) in [4.78, 5) is 150. The van der Waals surface area contributed by atoms with Gasteiger partial charge in [-0.05, 0) is 207 Å². The maximum atomic E-state index is 14.3. The van der Waals surface area contributed by atoms with E-state index in [1.807, 2.05) is 86.5 Å². The summed E-state index contributed by atoms with van der Waals surface area (Å²) in [5, 5.41) is 43.8. The van der Waals surface area contributed by atoms with Crippen molar-refractivity contribution >= 4 is 85.9 Å². The van der Waals surface area contributed by atoms with Crippen molar-refractivity contribution in [2.75, 3.05) is 33.9 Å². The number of hydrogen-bond acceptors (Lipinski definition) is 21. The Kier molecular flexibility index (Phi) is 27.6. The topological polar surface area (TPSA) is 392 Å². The van der Waals surface area contributed by atoms with Crippen LogP contribution in [0.15, 0.2) is 103 Å². The maximum Gasteiger partial charge on any atom is 0.344 e. The van der Waals surface area contributed by atoms with Crippen LogP contribution in [0.4, 0.5) is 0 Å². The predicted octanol–water partition coefficient (Wildman–Crippen LogP) is 11.7. The molecule has 3 aromatic heterocycles. The SMILES string of the molecule is CNC(=O)/C(=N\OCC(=O)O)c1nc2ccccc2n(C2CC3CCCC(C2)N3C2CC3CCCC(C3)C2)c1=O.CNC(=O)CC/C(=N\OCC(=O)O)c1nc2ccccc2n(C2CC3CCCC(C2)N3C2CC3CCCC(C3)C2)c1=O.NC(=O)CC/C(=N\OCC(=O)O)c1nc2ccccc2n(C2CC3CCCC(C2)N3C2CC3CCCC(C3)C2)c1=O. The van der Waals surface area contributed by atoms with Gasteiger partial charge in [0, 0.05) is 112 Å². The van der Waals surface area contributed by atoms with Crippen LogP contribution in [-0.4, -0.2) is 200 Å². The summed E-state index contributed by atoms with van der Waals surface area (Å²) in [7, 11) is 2.97. The zero-order chi connectivity index (χ0) is 85.5. The quantitative estimate of drug-likeness (QED) is 0.0229. The Morgan fingerprint density at radius 3 is 0.967 bits per heavy atom. The van der Waals surface area contributed by atoms with E-state index in [4.69, 9.17) is 40.5 Å². The fourth-order valence-corrected chi connectivity index (χ4v) is 25.3. The molecular weight excluding hydrogens is 1570 g/mol. The third kappa shape index (κ3) is 19.7. The van der Waals surface area contributed by atoms with Crippen LogP contribution in [0.25, 0.3) is 33.1 Å². The van der Waals surface area contributed by atoms with Gasteiger partial charge in [-0.25, -0.2) is 29.3 Å². The van der Waals surface area contributed by atoms with Gasteiger partial charge in [-0.3, -0.25) is 43.5 Å². The Bertz CT molecular complexity index is 5080. The summed E-state index contributed by atoms with van der Waals surface area (Å²) < 4.78 is 5.64. The summed E-state index contributed by atoms with van der Waals surface area (Å²) in [6, 6.07) is 27.5. The monoisotopic (exact) mass is 1690 g/mol. The van der Waals surface area contributed by atoms with Gasteiger partial charge in [-0.1, -0.05) is 129 Å². The molecule has 18 rings (SSSR count). The van der Waals surface area contributed by atoms with Gasteiger partial charge in [0.2, 0.25) is 31.6 Å². The van der Waals surface area contributed by atoms with E-state index >= 15 is 0 Å². The lowest BCUT2D eigenvalue weighted by molar-refractivity contribution is -0.143. The smallest absolute Gasteiger partial charge is 0.344 e. The van der Waals surface area contributed by atoms with Crippen LogP contribution in [-0.2, 0) is 43.3 Å². The number of oxime groups is 3. The van der Waals surface area contributed by atoms with Gasteiger partial charge in [0.1, 0.15) is 11.4 Å². The molecule has 12 unspecified atom stereocenters. The molecule has 12 bridgehead atoms. The maximum absolute atomic E-state index is 14.3. The number of piperidine rings is 6. The standard InChI is InChI=1S/C32H43N5O5.C31H41N5O5.C30H39N5O5/c1-33-29(38)13-12-27(35-42-19-30(39)40)31-32(41)37(28-11-3-2-10-26(28)34-31)25-17-22-8-5-9-23(18-25)36(22)24-15-20-6-4-7-21(14-20)16-24;32-28(37)12-11-26(34-41-18-29(38)39)30-31(40)36(27-10-2-1-9-25(27)33-30)24-16-21-7-4-8-22(17-24)35(21)23-14-19-5-3-6-20(13-19)15-23;1-31-29(38)27(33-40-17-26(36)37)28-30(39)35(25-11-3-2-10-24(25)32-28)23-15-20-8-5-9-21(16-23)34(20)22-13-18-6-4-7-19(12-18)14-22/h2-3,10-11,20-25H,4-9,12-19H2,1H3,(H,33,38)(H,39,40);1-2,9-10,19-24H,3-8,11-18H2,(H2,32,37)(H,38,39);2-3,10-11,18-23H,4-9,12-17H2,1H3,(H,31,38)(H,36,37)/b35-27+;34-26+;33-27-. The first-order valence-electron chi connectivity index (χ1n) is 46.0. The Morgan fingerprint density at radius 1 is 0.366 bits per heavy atom. The molecule has 9 heterocycles. The number of aliphatic carboxylic acids is 3. The molecule has 6 saturated carbocycles. The molecule has 12 fully saturated rings. The fraction of sp³-hybridized carbons (Fsp3) is 0.645. The van der Waals surface area contributed by atoms with Crippen molar-refractivity contribution in [1.29, 1.82) is 0 Å². The number of aromatic nitrogens is 6. The molecule has 30 nitrogen and oxygen atoms in total. The first kappa shape index (κ1) is 86.7. The van der Waals surface area contributed by atoms with E-state index in [-0.39, 0.29) is 95.1 Å². The number of amides is 3. The first-order valence-corrected chi connectivity index (χ1v) is 46.0. The minimum atomic E-state index is -1.23. The average Bonchev–Trinajstić information content (AvgIpc) is 0.754. The van der Waals surface area contributed by atoms with Gasteiger partial charge in [0.25, 0.3) is 22.6 Å². The third-order valence-electron chi connectivity index (χ3n) is 29.8. The molecule has 6 aromatic rings. The van der Waals surface area contributed by atoms with E-state index in [0.29, 0.717) is 70.9 Å². The minimum absolute atomic E-state index is 0.0149. The number of likely N-dealkylation sites (N-methyl/N-ethyl adjacent to an activating group) is 1. The van der Waals surface area contributed by atoms with Crippen molar-refractivity contribution in [3.05, 3.63) is 121 Å². The number of rotatable bonds is 25. The Morgan fingerprint density at radius 2 is 0.659 bits per heavy atom. The van der Waals surface area contributed by atoms with Crippen LogP contribution in [0.2, 0.25) is 0 Å². The number of nitrogens with two attached hydrogens (primary N) is 1. The van der Waals surface area contributed by atoms with E-state index in [1.54, 1.807) is 7.05 Å². The highest BCUT2D eigenvalue weighted by atomic mass is 16.6. The van der Waals surface area contributed by atoms with Gasteiger partial charge < -0.3 is 59.9 Å². The predicted molar refractivity (Wildman–Crippen MR) is 464 cm³/mol. The van der Waals surface area contributed by atoms with E-state index in [0.717, 1.165) is 116 Å². The van der Waals surface area contributed by atoms with Gasteiger partial charge in [-0.2, -0.15) is 0 Å². The van der Waals surface area contributed by atoms with Crippen molar-refractivity contribution in [2.45, 2.75) is 310 Å². The summed E-state index contributed by atoms with van der Waals surface area (Å²) in [6.07, 6.45) is 41.0. The number of carbonyl (C=O) groups excluding carboxylic acids is 3. The lowest BCUT2D eigenvalue weighted by Crippen LogP contribution is -2.58. The van der Waals surface area contributed by atoms with Crippen molar-refractivity contribution in [1.82, 2.24) is 54.0 Å². The molecule has 12 atom stereocenters. The molecule has 12 aliphatic rings. The molecule has 0 radical (unpaired) electrons. The number of para-hydroxylation sites is 6. The molecular formula is C93H123N15O15. The van der Waals surface area contributed by atoms with Gasteiger partial charge in [-0.15, -0.1) is 0 Å². The second-order valence-electron chi connectivity index (χ2n) is 37.6. The molecule has 3 amide bonds. The lowest BCUT2D eigenvalue weighted by Gasteiger charge is -2.55. The number of hydrogen-bond donors (Lipinski definition) is 6. The van der Waals surface area contributed by atoms with Crippen molar-refractivity contribution in [3.8, 4) is 0 Å². The van der Waals surface area contributed by atoms with Crippen molar-refractivity contribution in [2.24, 2.45) is 56.7 Å². The molecule has 30 heteroatoms. The van der Waals surface area contributed by atoms with E-state index in [2.05, 4.69) is 50.8 Å². The first-order chi connectivity index (χ1) is 59.7. The largest absolute Gasteiger partial charge is 0.479 e. The molecule has 6 aliphatic carbocycles. The molecule has 0 spiro atoms. The second-order valence-corrected chi connectivity index (χ2v) is 37.6. The lowest BCUT2D eigenvalue weighted by atomic mass is 9.68. The normalized spacial score (nSPS) is 30.1. The van der Waals surface area contributed by atoms with Gasteiger partial charge in [0.15, 0.2) is 22.8 Å². The van der Waals surface area contributed by atoms with Crippen LogP contribution < -0.4 is 33.0 Å². The highest BCUT2D eigenvalue weighted by Crippen LogP contribution is 2.52. The summed E-state index contributed by atoms with van der Waals surface area (Å²) in [5.41, 5.74) is 8.77. The van der Waals surface area contributed by atoms with Crippen molar-refractivity contribution in [3.63, 3.8) is 0 Å². The highest BCUT2D eigenvalue weighted by molar-refractivity contribution is 6.44. The summed E-state index contributed by atoms with van der Waals surface area (Å²) in [5.74, 6) is 0.237. The highest BCUT2D eigenvalue weighted by Gasteiger charge is 2.50. The molecule has 6 aliphatic heterocycles. The molecule has 6 saturated heterocycles. The van der Waals surface area contributed by atoms with Gasteiger partial charge >= 0.3 is 17.9 Å². The number of carbonyl (C=O) groups is 6. The molecule has 123 heavy (non-hydrogen) atoms. The molecule has 3 aromatic carbocycles. The van der Waals surface area contributed by atoms with Gasteiger partial charge in [0.05, 0.1) is 33.1 Å². The molecule has 7 N–H and O–H groups in total. The number of nitrogens with one attached hydrogen (secondary N) is 2. The minimum Gasteiger partial charge on any atom is -0.479 e. The van der Waals surface area contributed by atoms with Crippen LogP contribution in [0.3, 0.4) is 0 Å². The fourth-order valence-electron chi connectivity index (χ4n) is 25.3. The Hall–Kier alpha value is -9.81. The number of carboxylic acid groups (broad SMARTS) is 3. The number of primary amides is 1. The second kappa shape index (κ2) is 39.2. The van der Waals surface area contributed by atoms with Crippen LogP contribution in [0.1, 0.15) is 273 Å². The number of carboxylic acids is 3.